The normalized spacial score (nSPS) is 10.1. The second kappa shape index (κ2) is 6.63. The zero-order valence-electron chi connectivity index (χ0n) is 11.1. The molecule has 0 unspecified atom stereocenters. The molecule has 2 N–H and O–H groups in total. The summed E-state index contributed by atoms with van der Waals surface area (Å²) in [4.78, 5) is 22.2. The Balaban J connectivity index is 2.86. The Hall–Kier alpha value is -2.24. The molecule has 1 amide bonds. The first-order valence-corrected chi connectivity index (χ1v) is 5.74. The highest BCUT2D eigenvalue weighted by Crippen LogP contribution is 2.29. The fourth-order valence-corrected chi connectivity index (χ4v) is 1.37. The van der Waals surface area contributed by atoms with Gasteiger partial charge in [0.25, 0.3) is 5.91 Å². The predicted octanol–water partition coefficient (Wildman–Crippen LogP) is 1.12. The lowest BCUT2D eigenvalue weighted by atomic mass is 10.2. The van der Waals surface area contributed by atoms with E-state index in [9.17, 15) is 9.59 Å². The molecule has 6 heteroatoms. The maximum atomic E-state index is 11.6. The summed E-state index contributed by atoms with van der Waals surface area (Å²) in [5.74, 6) is -0.403. The van der Waals surface area contributed by atoms with Crippen LogP contribution < -0.4 is 15.2 Å². The molecular formula is C13H17NO5. The van der Waals surface area contributed by atoms with Crippen molar-refractivity contribution in [2.24, 2.45) is 5.73 Å². The van der Waals surface area contributed by atoms with Crippen LogP contribution in [-0.4, -0.2) is 31.7 Å². The molecule has 0 saturated heterocycles. The summed E-state index contributed by atoms with van der Waals surface area (Å²) in [7, 11) is 1.47. The van der Waals surface area contributed by atoms with Crippen molar-refractivity contribution in [3.8, 4) is 11.5 Å². The van der Waals surface area contributed by atoms with Crippen molar-refractivity contribution in [2.45, 2.75) is 20.0 Å². The predicted molar refractivity (Wildman–Crippen MR) is 68.2 cm³/mol. The maximum Gasteiger partial charge on any atom is 0.338 e. The van der Waals surface area contributed by atoms with Crippen LogP contribution in [-0.2, 0) is 9.53 Å². The first kappa shape index (κ1) is 14.8. The molecule has 0 aliphatic rings. The number of primary amides is 1. The lowest BCUT2D eigenvalue weighted by Gasteiger charge is -2.14. The molecule has 0 aromatic heterocycles. The van der Waals surface area contributed by atoms with Gasteiger partial charge in [0, 0.05) is 0 Å². The van der Waals surface area contributed by atoms with Crippen LogP contribution in [0, 0.1) is 0 Å². The Labute approximate surface area is 111 Å². The molecule has 1 aromatic carbocycles. The van der Waals surface area contributed by atoms with E-state index in [0.717, 1.165) is 0 Å². The zero-order chi connectivity index (χ0) is 14.4. The average molecular weight is 267 g/mol. The van der Waals surface area contributed by atoms with Crippen molar-refractivity contribution in [3.05, 3.63) is 23.8 Å². The molecule has 0 saturated carbocycles. The highest BCUT2D eigenvalue weighted by molar-refractivity contribution is 5.91. The van der Waals surface area contributed by atoms with Gasteiger partial charge >= 0.3 is 5.97 Å². The Kier molecular flexibility index (Phi) is 5.17. The number of esters is 1. The smallest absolute Gasteiger partial charge is 0.338 e. The van der Waals surface area contributed by atoms with Gasteiger partial charge in [0.15, 0.2) is 18.1 Å². The van der Waals surface area contributed by atoms with Gasteiger partial charge in [-0.15, -0.1) is 0 Å². The number of hydrogen-bond donors (Lipinski definition) is 1. The summed E-state index contributed by atoms with van der Waals surface area (Å²) in [6, 6.07) is 4.63. The first-order chi connectivity index (χ1) is 8.93. The van der Waals surface area contributed by atoms with Gasteiger partial charge in [-0.2, -0.15) is 0 Å². The summed E-state index contributed by atoms with van der Waals surface area (Å²) in [5, 5.41) is 0. The molecular weight excluding hydrogens is 250 g/mol. The highest BCUT2D eigenvalue weighted by atomic mass is 16.5. The average Bonchev–Trinajstić information content (AvgIpc) is 2.35. The van der Waals surface area contributed by atoms with E-state index >= 15 is 0 Å². The molecule has 19 heavy (non-hydrogen) atoms. The number of carbonyl (C=O) groups is 2. The Bertz CT molecular complexity index is 470. The third-order valence-electron chi connectivity index (χ3n) is 2.11. The number of methoxy groups -OCH3 is 1. The second-order valence-corrected chi connectivity index (χ2v) is 4.07. The van der Waals surface area contributed by atoms with Crippen LogP contribution in [0.25, 0.3) is 0 Å². The largest absolute Gasteiger partial charge is 0.493 e. The summed E-state index contributed by atoms with van der Waals surface area (Å²) >= 11 is 0. The SMILES string of the molecule is COc1cc(C(=O)OCC(N)=O)ccc1OC(C)C. The van der Waals surface area contributed by atoms with E-state index in [4.69, 9.17) is 19.9 Å². The van der Waals surface area contributed by atoms with Crippen LogP contribution in [0.15, 0.2) is 18.2 Å². The molecule has 0 aliphatic heterocycles. The van der Waals surface area contributed by atoms with Crippen molar-refractivity contribution in [2.75, 3.05) is 13.7 Å². The van der Waals surface area contributed by atoms with E-state index in [0.29, 0.717) is 11.5 Å². The molecule has 104 valence electrons. The third-order valence-corrected chi connectivity index (χ3v) is 2.11. The number of nitrogens with two attached hydrogens (primary N) is 1. The number of hydrogen-bond acceptors (Lipinski definition) is 5. The van der Waals surface area contributed by atoms with Gasteiger partial charge in [0.05, 0.1) is 18.8 Å². The molecule has 1 aromatic rings. The summed E-state index contributed by atoms with van der Waals surface area (Å²) in [5.41, 5.74) is 5.15. The van der Waals surface area contributed by atoms with Gasteiger partial charge in [0.1, 0.15) is 0 Å². The molecule has 0 radical (unpaired) electrons. The number of carbonyl (C=O) groups excluding carboxylic acids is 2. The third kappa shape index (κ3) is 4.50. The van der Waals surface area contributed by atoms with Crippen LogP contribution in [0.3, 0.4) is 0 Å². The standard InChI is InChI=1S/C13H17NO5/c1-8(2)19-10-5-4-9(6-11(10)17-3)13(16)18-7-12(14)15/h4-6,8H,7H2,1-3H3,(H2,14,15). The van der Waals surface area contributed by atoms with E-state index in [-0.39, 0.29) is 11.7 Å². The number of amides is 1. The fourth-order valence-electron chi connectivity index (χ4n) is 1.37. The second-order valence-electron chi connectivity index (χ2n) is 4.07. The molecule has 0 bridgehead atoms. The molecule has 0 spiro atoms. The molecule has 6 nitrogen and oxygen atoms in total. The number of ether oxygens (including phenoxy) is 3. The highest BCUT2D eigenvalue weighted by Gasteiger charge is 2.13. The number of rotatable bonds is 6. The van der Waals surface area contributed by atoms with Crippen molar-refractivity contribution in [1.82, 2.24) is 0 Å². The minimum atomic E-state index is -0.708. The number of benzene rings is 1. The summed E-state index contributed by atoms with van der Waals surface area (Å²) < 4.78 is 15.4. The van der Waals surface area contributed by atoms with Crippen molar-refractivity contribution >= 4 is 11.9 Å². The van der Waals surface area contributed by atoms with Gasteiger partial charge in [-0.3, -0.25) is 4.79 Å². The zero-order valence-corrected chi connectivity index (χ0v) is 11.1. The molecule has 0 heterocycles. The molecule has 0 atom stereocenters. The minimum absolute atomic E-state index is 0.0124. The summed E-state index contributed by atoms with van der Waals surface area (Å²) in [6.45, 7) is 3.31. The van der Waals surface area contributed by atoms with E-state index in [2.05, 4.69) is 0 Å². The molecule has 1 rings (SSSR count). The van der Waals surface area contributed by atoms with Crippen LogP contribution >= 0.6 is 0 Å². The minimum Gasteiger partial charge on any atom is -0.493 e. The molecule has 0 fully saturated rings. The van der Waals surface area contributed by atoms with Gasteiger partial charge in [-0.1, -0.05) is 0 Å². The Morgan fingerprint density at radius 2 is 1.95 bits per heavy atom. The van der Waals surface area contributed by atoms with Gasteiger partial charge in [0.2, 0.25) is 0 Å². The fraction of sp³-hybridized carbons (Fsp3) is 0.385. The van der Waals surface area contributed by atoms with E-state index < -0.39 is 18.5 Å². The quantitative estimate of drug-likeness (QED) is 0.780. The molecule has 0 aliphatic carbocycles. The van der Waals surface area contributed by atoms with Gasteiger partial charge < -0.3 is 19.9 Å². The van der Waals surface area contributed by atoms with Crippen molar-refractivity contribution < 1.29 is 23.8 Å². The summed E-state index contributed by atoms with van der Waals surface area (Å²) in [6.07, 6.45) is -0.0124. The Morgan fingerprint density at radius 3 is 2.47 bits per heavy atom. The van der Waals surface area contributed by atoms with E-state index in [1.165, 1.54) is 19.2 Å². The Morgan fingerprint density at radius 1 is 1.26 bits per heavy atom. The van der Waals surface area contributed by atoms with Gasteiger partial charge in [-0.05, 0) is 32.0 Å². The van der Waals surface area contributed by atoms with E-state index in [1.54, 1.807) is 6.07 Å². The van der Waals surface area contributed by atoms with Gasteiger partial charge in [-0.25, -0.2) is 4.79 Å². The van der Waals surface area contributed by atoms with E-state index in [1.807, 2.05) is 13.8 Å². The van der Waals surface area contributed by atoms with Crippen LogP contribution in [0.4, 0.5) is 0 Å². The van der Waals surface area contributed by atoms with Crippen LogP contribution in [0.5, 0.6) is 11.5 Å². The lowest BCUT2D eigenvalue weighted by Crippen LogP contribution is -2.21. The van der Waals surface area contributed by atoms with Crippen molar-refractivity contribution in [3.63, 3.8) is 0 Å². The van der Waals surface area contributed by atoms with Crippen molar-refractivity contribution in [1.29, 1.82) is 0 Å². The maximum absolute atomic E-state index is 11.6. The first-order valence-electron chi connectivity index (χ1n) is 5.74. The monoisotopic (exact) mass is 267 g/mol. The van der Waals surface area contributed by atoms with Crippen LogP contribution in [0.2, 0.25) is 0 Å². The lowest BCUT2D eigenvalue weighted by molar-refractivity contribution is -0.121. The topological polar surface area (TPSA) is 87.9 Å². The van der Waals surface area contributed by atoms with Crippen LogP contribution in [0.1, 0.15) is 24.2 Å².